The Morgan fingerprint density at radius 2 is 1.95 bits per heavy atom. The van der Waals surface area contributed by atoms with E-state index in [1.807, 2.05) is 24.3 Å². The molecule has 0 saturated heterocycles. The predicted molar refractivity (Wildman–Crippen MR) is 71.1 cm³/mol. The molecule has 0 aliphatic carbocycles. The average molecular weight is 256 g/mol. The van der Waals surface area contributed by atoms with E-state index in [0.29, 0.717) is 18.9 Å². The number of nitriles is 1. The molecule has 0 bridgehead atoms. The van der Waals surface area contributed by atoms with Crippen molar-refractivity contribution in [3.63, 3.8) is 0 Å². The van der Waals surface area contributed by atoms with Gasteiger partial charge >= 0.3 is 0 Å². The van der Waals surface area contributed by atoms with E-state index in [-0.39, 0.29) is 0 Å². The molecule has 1 aromatic heterocycles. The quantitative estimate of drug-likeness (QED) is 0.863. The van der Waals surface area contributed by atoms with Crippen LogP contribution in [0.1, 0.15) is 22.6 Å². The van der Waals surface area contributed by atoms with Crippen LogP contribution in [0, 0.1) is 11.3 Å². The Morgan fingerprint density at radius 3 is 2.63 bits per heavy atom. The van der Waals surface area contributed by atoms with Crippen molar-refractivity contribution in [1.82, 2.24) is 5.32 Å². The fourth-order valence-corrected chi connectivity index (χ4v) is 1.88. The van der Waals surface area contributed by atoms with Crippen molar-refractivity contribution in [2.45, 2.75) is 19.7 Å². The first-order chi connectivity index (χ1) is 9.33. The Labute approximate surface area is 112 Å². The molecule has 2 aromatic rings. The summed E-state index contributed by atoms with van der Waals surface area (Å²) in [7, 11) is 1.69. The lowest BCUT2D eigenvalue weighted by atomic mass is 10.1. The van der Waals surface area contributed by atoms with Crippen molar-refractivity contribution >= 4 is 0 Å². The highest BCUT2D eigenvalue weighted by atomic mass is 16.5. The van der Waals surface area contributed by atoms with E-state index < -0.39 is 0 Å². The van der Waals surface area contributed by atoms with Gasteiger partial charge in [0.1, 0.15) is 11.8 Å². The van der Waals surface area contributed by atoms with Gasteiger partial charge in [-0.3, -0.25) is 0 Å². The van der Waals surface area contributed by atoms with E-state index in [4.69, 9.17) is 14.4 Å². The molecule has 2 rings (SSSR count). The third-order valence-electron chi connectivity index (χ3n) is 2.80. The maximum Gasteiger partial charge on any atom is 0.203 e. The van der Waals surface area contributed by atoms with E-state index in [9.17, 15) is 0 Å². The van der Waals surface area contributed by atoms with Gasteiger partial charge in [-0.2, -0.15) is 5.26 Å². The Balaban J connectivity index is 1.90. The van der Waals surface area contributed by atoms with Crippen molar-refractivity contribution in [2.24, 2.45) is 0 Å². The van der Waals surface area contributed by atoms with Crippen LogP contribution in [-0.4, -0.2) is 7.11 Å². The number of methoxy groups -OCH3 is 1. The standard InChI is InChI=1S/C15H16N2O2/c1-18-11-13-5-3-2-4-12(13)9-17-10-15-7-6-14(8-16)19-15/h2-7,17H,9-11H2,1H3. The van der Waals surface area contributed by atoms with Gasteiger partial charge in [0.25, 0.3) is 0 Å². The van der Waals surface area contributed by atoms with Gasteiger partial charge in [-0.15, -0.1) is 0 Å². The van der Waals surface area contributed by atoms with Crippen molar-refractivity contribution in [3.8, 4) is 6.07 Å². The van der Waals surface area contributed by atoms with Crippen LogP contribution in [0.3, 0.4) is 0 Å². The lowest BCUT2D eigenvalue weighted by Gasteiger charge is -2.09. The lowest BCUT2D eigenvalue weighted by Crippen LogP contribution is -2.13. The number of hydrogen-bond donors (Lipinski definition) is 1. The van der Waals surface area contributed by atoms with Crippen LogP contribution in [0.25, 0.3) is 0 Å². The monoisotopic (exact) mass is 256 g/mol. The molecule has 0 unspecified atom stereocenters. The van der Waals surface area contributed by atoms with Gasteiger partial charge in [0.05, 0.1) is 13.2 Å². The van der Waals surface area contributed by atoms with Crippen LogP contribution in [0.4, 0.5) is 0 Å². The number of nitrogens with zero attached hydrogens (tertiary/aromatic N) is 1. The number of nitrogens with one attached hydrogen (secondary N) is 1. The number of ether oxygens (including phenoxy) is 1. The molecule has 1 aromatic carbocycles. The maximum absolute atomic E-state index is 8.67. The first kappa shape index (κ1) is 13.3. The summed E-state index contributed by atoms with van der Waals surface area (Å²) in [4.78, 5) is 0. The Bertz CT molecular complexity index is 570. The van der Waals surface area contributed by atoms with Gasteiger partial charge in [0, 0.05) is 13.7 Å². The Hall–Kier alpha value is -2.09. The highest BCUT2D eigenvalue weighted by Gasteiger charge is 2.03. The molecule has 0 saturated carbocycles. The average Bonchev–Trinajstić information content (AvgIpc) is 2.89. The summed E-state index contributed by atoms with van der Waals surface area (Å²) in [6.45, 7) is 1.95. The molecule has 1 N–H and O–H groups in total. The molecular weight excluding hydrogens is 240 g/mol. The second-order valence-electron chi connectivity index (χ2n) is 4.18. The maximum atomic E-state index is 8.67. The second-order valence-corrected chi connectivity index (χ2v) is 4.18. The van der Waals surface area contributed by atoms with Crippen LogP contribution in [0.5, 0.6) is 0 Å². The van der Waals surface area contributed by atoms with E-state index in [0.717, 1.165) is 12.3 Å². The van der Waals surface area contributed by atoms with Crippen molar-refractivity contribution in [2.75, 3.05) is 7.11 Å². The zero-order valence-electron chi connectivity index (χ0n) is 10.8. The molecule has 0 fully saturated rings. The van der Waals surface area contributed by atoms with Crippen molar-refractivity contribution < 1.29 is 9.15 Å². The first-order valence-corrected chi connectivity index (χ1v) is 6.08. The van der Waals surface area contributed by atoms with Gasteiger partial charge in [0.2, 0.25) is 5.76 Å². The van der Waals surface area contributed by atoms with Crippen LogP contribution in [-0.2, 0) is 24.4 Å². The molecule has 0 spiro atoms. The summed E-state index contributed by atoms with van der Waals surface area (Å²) in [5, 5.41) is 12.0. The van der Waals surface area contributed by atoms with Crippen LogP contribution < -0.4 is 5.32 Å². The summed E-state index contributed by atoms with van der Waals surface area (Å²) in [6.07, 6.45) is 0. The van der Waals surface area contributed by atoms with Crippen molar-refractivity contribution in [1.29, 1.82) is 5.26 Å². The minimum Gasteiger partial charge on any atom is -0.449 e. The molecule has 0 aliphatic heterocycles. The van der Waals surface area contributed by atoms with Gasteiger partial charge in [-0.1, -0.05) is 24.3 Å². The summed E-state index contributed by atoms with van der Waals surface area (Å²) in [5.74, 6) is 1.11. The van der Waals surface area contributed by atoms with Crippen molar-refractivity contribution in [3.05, 3.63) is 59.0 Å². The topological polar surface area (TPSA) is 58.2 Å². The minimum absolute atomic E-state index is 0.344. The third-order valence-corrected chi connectivity index (χ3v) is 2.80. The molecule has 4 nitrogen and oxygen atoms in total. The largest absolute Gasteiger partial charge is 0.449 e. The van der Waals surface area contributed by atoms with Crippen LogP contribution in [0.2, 0.25) is 0 Å². The molecule has 0 radical (unpaired) electrons. The molecule has 98 valence electrons. The van der Waals surface area contributed by atoms with Crippen LogP contribution in [0.15, 0.2) is 40.8 Å². The Morgan fingerprint density at radius 1 is 1.16 bits per heavy atom. The molecule has 0 atom stereocenters. The van der Waals surface area contributed by atoms with Gasteiger partial charge in [-0.25, -0.2) is 0 Å². The number of furan rings is 1. The van der Waals surface area contributed by atoms with E-state index >= 15 is 0 Å². The molecular formula is C15H16N2O2. The fraction of sp³-hybridized carbons (Fsp3) is 0.267. The van der Waals surface area contributed by atoms with Crippen LogP contribution >= 0.6 is 0 Å². The fourth-order valence-electron chi connectivity index (χ4n) is 1.88. The van der Waals surface area contributed by atoms with E-state index in [2.05, 4.69) is 17.4 Å². The highest BCUT2D eigenvalue weighted by molar-refractivity contribution is 5.26. The zero-order valence-corrected chi connectivity index (χ0v) is 10.8. The molecule has 4 heteroatoms. The summed E-state index contributed by atoms with van der Waals surface area (Å²) >= 11 is 0. The Kier molecular flexibility index (Phi) is 4.73. The highest BCUT2D eigenvalue weighted by Crippen LogP contribution is 2.11. The molecule has 1 heterocycles. The summed E-state index contributed by atoms with van der Waals surface area (Å²) in [5.41, 5.74) is 2.38. The van der Waals surface area contributed by atoms with Gasteiger partial charge < -0.3 is 14.5 Å². The molecule has 0 aliphatic rings. The lowest BCUT2D eigenvalue weighted by molar-refractivity contribution is 0.184. The summed E-state index contributed by atoms with van der Waals surface area (Å²) in [6, 6.07) is 13.6. The smallest absolute Gasteiger partial charge is 0.203 e. The molecule has 19 heavy (non-hydrogen) atoms. The predicted octanol–water partition coefficient (Wildman–Crippen LogP) is 2.59. The van der Waals surface area contributed by atoms with Gasteiger partial charge in [-0.05, 0) is 23.3 Å². The minimum atomic E-state index is 0.344. The summed E-state index contributed by atoms with van der Waals surface area (Å²) < 4.78 is 10.5. The first-order valence-electron chi connectivity index (χ1n) is 6.08. The number of hydrogen-bond acceptors (Lipinski definition) is 4. The SMILES string of the molecule is COCc1ccccc1CNCc1ccc(C#N)o1. The van der Waals surface area contributed by atoms with Gasteiger partial charge in [0.15, 0.2) is 0 Å². The normalized spacial score (nSPS) is 10.3. The number of rotatable bonds is 6. The van der Waals surface area contributed by atoms with E-state index in [1.54, 1.807) is 13.2 Å². The molecule has 0 amide bonds. The second kappa shape index (κ2) is 6.74. The third kappa shape index (κ3) is 3.68. The number of benzene rings is 1. The zero-order chi connectivity index (χ0) is 13.5. The van der Waals surface area contributed by atoms with E-state index in [1.165, 1.54) is 11.1 Å².